The molecule has 1 N–H and O–H groups in total. The Labute approximate surface area is 116 Å². The van der Waals surface area contributed by atoms with Crippen LogP contribution in [0.4, 0.5) is 0 Å². The Balaban J connectivity index is 2.21. The molecule has 1 rings (SSSR count). The first-order valence-corrected chi connectivity index (χ1v) is 6.95. The fourth-order valence-corrected chi connectivity index (χ4v) is 1.63. The predicted molar refractivity (Wildman–Crippen MR) is 76.6 cm³/mol. The van der Waals surface area contributed by atoms with Gasteiger partial charge in [0, 0.05) is 18.7 Å². The number of hydrogen-bond acceptors (Lipinski definition) is 4. The summed E-state index contributed by atoms with van der Waals surface area (Å²) < 4.78 is 16.3. The Morgan fingerprint density at radius 1 is 0.947 bits per heavy atom. The van der Waals surface area contributed by atoms with Gasteiger partial charge in [0.15, 0.2) is 0 Å². The van der Waals surface area contributed by atoms with Gasteiger partial charge >= 0.3 is 0 Å². The highest BCUT2D eigenvalue weighted by Crippen LogP contribution is 2.17. The highest BCUT2D eigenvalue weighted by molar-refractivity contribution is 5.33. The molecule has 19 heavy (non-hydrogen) atoms. The maximum absolute atomic E-state index is 5.73. The standard InChI is InChI=1S/C15H25NO3/c1-3-16-13-14-7-5-6-8-15(14)19-12-11-18-10-9-17-4-2/h5-8,16H,3-4,9-13H2,1-2H3. The van der Waals surface area contributed by atoms with E-state index in [9.17, 15) is 0 Å². The molecule has 0 heterocycles. The largest absolute Gasteiger partial charge is 0.491 e. The van der Waals surface area contributed by atoms with Gasteiger partial charge in [0.25, 0.3) is 0 Å². The Kier molecular flexibility index (Phi) is 9.06. The first-order valence-electron chi connectivity index (χ1n) is 6.95. The van der Waals surface area contributed by atoms with Crippen molar-refractivity contribution >= 4 is 0 Å². The van der Waals surface area contributed by atoms with Gasteiger partial charge in [-0.1, -0.05) is 25.1 Å². The maximum atomic E-state index is 5.73. The van der Waals surface area contributed by atoms with E-state index < -0.39 is 0 Å². The van der Waals surface area contributed by atoms with Crippen LogP contribution in [0.3, 0.4) is 0 Å². The second-order valence-corrected chi connectivity index (χ2v) is 4.05. The molecular formula is C15H25NO3. The number of para-hydroxylation sites is 1. The van der Waals surface area contributed by atoms with E-state index in [1.165, 1.54) is 5.56 Å². The molecule has 108 valence electrons. The highest BCUT2D eigenvalue weighted by atomic mass is 16.5. The minimum Gasteiger partial charge on any atom is -0.491 e. The summed E-state index contributed by atoms with van der Waals surface area (Å²) in [6.07, 6.45) is 0. The van der Waals surface area contributed by atoms with Gasteiger partial charge in [0.05, 0.1) is 19.8 Å². The third-order valence-electron chi connectivity index (χ3n) is 2.60. The van der Waals surface area contributed by atoms with E-state index in [2.05, 4.69) is 18.3 Å². The summed E-state index contributed by atoms with van der Waals surface area (Å²) in [7, 11) is 0. The van der Waals surface area contributed by atoms with Crippen molar-refractivity contribution in [3.8, 4) is 5.75 Å². The summed E-state index contributed by atoms with van der Waals surface area (Å²) in [6.45, 7) is 9.01. The zero-order chi connectivity index (χ0) is 13.8. The van der Waals surface area contributed by atoms with Crippen molar-refractivity contribution in [2.45, 2.75) is 20.4 Å². The molecule has 0 radical (unpaired) electrons. The fourth-order valence-electron chi connectivity index (χ4n) is 1.63. The zero-order valence-corrected chi connectivity index (χ0v) is 12.0. The molecule has 0 atom stereocenters. The molecule has 0 aliphatic carbocycles. The molecular weight excluding hydrogens is 242 g/mol. The Hall–Kier alpha value is -1.10. The maximum Gasteiger partial charge on any atom is 0.123 e. The van der Waals surface area contributed by atoms with Gasteiger partial charge in [-0.3, -0.25) is 0 Å². The zero-order valence-electron chi connectivity index (χ0n) is 12.0. The monoisotopic (exact) mass is 267 g/mol. The summed E-state index contributed by atoms with van der Waals surface area (Å²) >= 11 is 0. The predicted octanol–water partition coefficient (Wildman–Crippen LogP) is 2.23. The topological polar surface area (TPSA) is 39.7 Å². The van der Waals surface area contributed by atoms with Gasteiger partial charge in [0.1, 0.15) is 12.4 Å². The lowest BCUT2D eigenvalue weighted by Crippen LogP contribution is -2.14. The third-order valence-corrected chi connectivity index (χ3v) is 2.60. The van der Waals surface area contributed by atoms with Crippen LogP contribution in [0.25, 0.3) is 0 Å². The molecule has 0 aromatic heterocycles. The molecule has 0 unspecified atom stereocenters. The van der Waals surface area contributed by atoms with Crippen LogP contribution in [0.2, 0.25) is 0 Å². The molecule has 0 spiro atoms. The van der Waals surface area contributed by atoms with E-state index in [4.69, 9.17) is 14.2 Å². The van der Waals surface area contributed by atoms with Gasteiger partial charge in [-0.05, 0) is 19.5 Å². The van der Waals surface area contributed by atoms with Crippen molar-refractivity contribution in [3.05, 3.63) is 29.8 Å². The Morgan fingerprint density at radius 3 is 2.47 bits per heavy atom. The van der Waals surface area contributed by atoms with Gasteiger partial charge in [-0.15, -0.1) is 0 Å². The normalized spacial score (nSPS) is 10.6. The van der Waals surface area contributed by atoms with E-state index in [1.807, 2.05) is 25.1 Å². The van der Waals surface area contributed by atoms with Crippen LogP contribution in [0, 0.1) is 0 Å². The number of benzene rings is 1. The smallest absolute Gasteiger partial charge is 0.123 e. The summed E-state index contributed by atoms with van der Waals surface area (Å²) in [5, 5.41) is 3.30. The third kappa shape index (κ3) is 7.15. The summed E-state index contributed by atoms with van der Waals surface area (Å²) in [6, 6.07) is 8.08. The van der Waals surface area contributed by atoms with Gasteiger partial charge in [0.2, 0.25) is 0 Å². The molecule has 0 aliphatic rings. The van der Waals surface area contributed by atoms with Crippen LogP contribution in [0.5, 0.6) is 5.75 Å². The SMILES string of the molecule is CCNCc1ccccc1OCCOCCOCC. The quantitative estimate of drug-likeness (QED) is 0.624. The molecule has 0 fully saturated rings. The lowest BCUT2D eigenvalue weighted by molar-refractivity contribution is 0.0403. The Bertz CT molecular complexity index is 331. The van der Waals surface area contributed by atoms with Crippen molar-refractivity contribution in [1.82, 2.24) is 5.32 Å². The number of rotatable bonds is 11. The Morgan fingerprint density at radius 2 is 1.68 bits per heavy atom. The van der Waals surface area contributed by atoms with Crippen molar-refractivity contribution in [3.63, 3.8) is 0 Å². The number of ether oxygens (including phenoxy) is 3. The van der Waals surface area contributed by atoms with Crippen molar-refractivity contribution in [1.29, 1.82) is 0 Å². The summed E-state index contributed by atoms with van der Waals surface area (Å²) in [4.78, 5) is 0. The van der Waals surface area contributed by atoms with Crippen LogP contribution in [0.15, 0.2) is 24.3 Å². The minimum absolute atomic E-state index is 0.565. The second-order valence-electron chi connectivity index (χ2n) is 4.05. The van der Waals surface area contributed by atoms with E-state index in [0.717, 1.165) is 25.4 Å². The second kappa shape index (κ2) is 10.8. The molecule has 1 aromatic carbocycles. The molecule has 0 bridgehead atoms. The van der Waals surface area contributed by atoms with Crippen molar-refractivity contribution in [2.24, 2.45) is 0 Å². The van der Waals surface area contributed by atoms with Crippen LogP contribution in [0.1, 0.15) is 19.4 Å². The van der Waals surface area contributed by atoms with Gasteiger partial charge in [-0.25, -0.2) is 0 Å². The first-order chi connectivity index (χ1) is 9.38. The molecule has 4 nitrogen and oxygen atoms in total. The first kappa shape index (κ1) is 16.0. The minimum atomic E-state index is 0.565. The molecule has 0 saturated heterocycles. The molecule has 0 aliphatic heterocycles. The van der Waals surface area contributed by atoms with Gasteiger partial charge in [-0.2, -0.15) is 0 Å². The molecule has 1 aromatic rings. The number of hydrogen-bond donors (Lipinski definition) is 1. The lowest BCUT2D eigenvalue weighted by Gasteiger charge is -2.12. The average molecular weight is 267 g/mol. The van der Waals surface area contributed by atoms with Crippen LogP contribution < -0.4 is 10.1 Å². The fraction of sp³-hybridized carbons (Fsp3) is 0.600. The van der Waals surface area contributed by atoms with Crippen molar-refractivity contribution in [2.75, 3.05) is 39.6 Å². The van der Waals surface area contributed by atoms with Gasteiger partial charge < -0.3 is 19.5 Å². The van der Waals surface area contributed by atoms with Crippen LogP contribution >= 0.6 is 0 Å². The van der Waals surface area contributed by atoms with Crippen LogP contribution in [-0.2, 0) is 16.0 Å². The summed E-state index contributed by atoms with van der Waals surface area (Å²) in [5.74, 6) is 0.928. The van der Waals surface area contributed by atoms with Crippen LogP contribution in [-0.4, -0.2) is 39.6 Å². The lowest BCUT2D eigenvalue weighted by atomic mass is 10.2. The van der Waals surface area contributed by atoms with E-state index in [-0.39, 0.29) is 0 Å². The average Bonchev–Trinajstić information content (AvgIpc) is 2.45. The highest BCUT2D eigenvalue weighted by Gasteiger charge is 2.01. The summed E-state index contributed by atoms with van der Waals surface area (Å²) in [5.41, 5.74) is 1.18. The van der Waals surface area contributed by atoms with Crippen molar-refractivity contribution < 1.29 is 14.2 Å². The van der Waals surface area contributed by atoms with E-state index in [1.54, 1.807) is 0 Å². The molecule has 0 saturated carbocycles. The van der Waals surface area contributed by atoms with E-state index >= 15 is 0 Å². The van der Waals surface area contributed by atoms with E-state index in [0.29, 0.717) is 26.4 Å². The molecule has 0 amide bonds. The molecule has 4 heteroatoms. The number of nitrogens with one attached hydrogen (secondary N) is 1.